The molecule has 2 N–H and O–H groups in total. The molecule has 5 heteroatoms. The van der Waals surface area contributed by atoms with Gasteiger partial charge in [-0.15, -0.1) is 0 Å². The fourth-order valence-corrected chi connectivity index (χ4v) is 1.80. The summed E-state index contributed by atoms with van der Waals surface area (Å²) < 4.78 is 26.8. The molecular weight excluding hydrogens is 231 g/mol. The van der Waals surface area contributed by atoms with E-state index in [-0.39, 0.29) is 16.5 Å². The molecule has 0 heterocycles. The number of nitrogens with two attached hydrogens (primary N) is 1. The first-order valence-corrected chi connectivity index (χ1v) is 4.74. The number of benzene rings is 1. The Morgan fingerprint density at radius 3 is 2.00 bits per heavy atom. The summed E-state index contributed by atoms with van der Waals surface area (Å²) in [6.07, 6.45) is 0. The molecular formula is C9H9Cl2F2N. The zero-order valence-electron chi connectivity index (χ0n) is 7.67. The maximum atomic E-state index is 13.5. The molecule has 1 rings (SSSR count). The van der Waals surface area contributed by atoms with Crippen LogP contribution in [-0.4, -0.2) is 0 Å². The normalized spacial score (nSPS) is 11.1. The summed E-state index contributed by atoms with van der Waals surface area (Å²) in [5.74, 6) is -1.86. The van der Waals surface area contributed by atoms with Crippen molar-refractivity contribution in [2.24, 2.45) is 0 Å². The van der Waals surface area contributed by atoms with Gasteiger partial charge in [-0.1, -0.05) is 37.0 Å². The van der Waals surface area contributed by atoms with Crippen LogP contribution in [0.15, 0.2) is 0 Å². The van der Waals surface area contributed by atoms with E-state index < -0.39 is 22.3 Å². The van der Waals surface area contributed by atoms with Crippen molar-refractivity contribution in [2.45, 2.75) is 19.8 Å². The van der Waals surface area contributed by atoms with Gasteiger partial charge >= 0.3 is 0 Å². The van der Waals surface area contributed by atoms with Crippen molar-refractivity contribution < 1.29 is 8.78 Å². The van der Waals surface area contributed by atoms with Gasteiger partial charge < -0.3 is 5.73 Å². The Bertz CT molecular complexity index is 349. The highest BCUT2D eigenvalue weighted by Crippen LogP contribution is 2.38. The smallest absolute Gasteiger partial charge is 0.162 e. The molecule has 1 aromatic carbocycles. The summed E-state index contributed by atoms with van der Waals surface area (Å²) in [4.78, 5) is 0. The fraction of sp³-hybridized carbons (Fsp3) is 0.333. The lowest BCUT2D eigenvalue weighted by molar-refractivity contribution is 0.581. The minimum absolute atomic E-state index is 0.0612. The van der Waals surface area contributed by atoms with Crippen molar-refractivity contribution in [1.29, 1.82) is 0 Å². The van der Waals surface area contributed by atoms with Gasteiger partial charge in [0.05, 0.1) is 10.7 Å². The lowest BCUT2D eigenvalue weighted by atomic mass is 10.0. The molecule has 0 aromatic heterocycles. The maximum absolute atomic E-state index is 13.5. The highest BCUT2D eigenvalue weighted by atomic mass is 35.5. The maximum Gasteiger partial charge on any atom is 0.162 e. The largest absolute Gasteiger partial charge is 0.395 e. The highest BCUT2D eigenvalue weighted by Gasteiger charge is 2.22. The van der Waals surface area contributed by atoms with Crippen LogP contribution in [0.1, 0.15) is 25.3 Å². The van der Waals surface area contributed by atoms with E-state index in [2.05, 4.69) is 0 Å². The molecule has 0 unspecified atom stereocenters. The van der Waals surface area contributed by atoms with Gasteiger partial charge in [-0.3, -0.25) is 0 Å². The summed E-state index contributed by atoms with van der Waals surface area (Å²) in [6, 6.07) is 0. The van der Waals surface area contributed by atoms with Gasteiger partial charge in [-0.25, -0.2) is 8.78 Å². The van der Waals surface area contributed by atoms with Crippen LogP contribution >= 0.6 is 23.2 Å². The topological polar surface area (TPSA) is 26.0 Å². The minimum atomic E-state index is -0.865. The number of hydrogen-bond acceptors (Lipinski definition) is 1. The Morgan fingerprint density at radius 1 is 1.07 bits per heavy atom. The van der Waals surface area contributed by atoms with Crippen LogP contribution in [0.25, 0.3) is 0 Å². The van der Waals surface area contributed by atoms with Crippen molar-refractivity contribution in [3.63, 3.8) is 0 Å². The molecule has 0 spiro atoms. The Labute approximate surface area is 90.8 Å². The van der Waals surface area contributed by atoms with Crippen molar-refractivity contribution >= 4 is 28.9 Å². The molecule has 0 saturated carbocycles. The second-order valence-electron chi connectivity index (χ2n) is 3.24. The zero-order valence-corrected chi connectivity index (χ0v) is 9.18. The van der Waals surface area contributed by atoms with Gasteiger partial charge in [0.2, 0.25) is 0 Å². The Morgan fingerprint density at radius 2 is 1.57 bits per heavy atom. The number of nitrogen functional groups attached to an aromatic ring is 1. The first-order chi connectivity index (χ1) is 6.37. The molecule has 0 amide bonds. The average molecular weight is 240 g/mol. The van der Waals surface area contributed by atoms with Crippen molar-refractivity contribution in [1.82, 2.24) is 0 Å². The van der Waals surface area contributed by atoms with E-state index in [4.69, 9.17) is 28.9 Å². The molecule has 0 saturated heterocycles. The molecule has 14 heavy (non-hydrogen) atoms. The quantitative estimate of drug-likeness (QED) is 0.448. The van der Waals surface area contributed by atoms with E-state index in [9.17, 15) is 8.78 Å². The van der Waals surface area contributed by atoms with Crippen LogP contribution < -0.4 is 5.73 Å². The molecule has 0 aliphatic rings. The van der Waals surface area contributed by atoms with Gasteiger partial charge in [0.1, 0.15) is 5.02 Å². The lowest BCUT2D eigenvalue weighted by Crippen LogP contribution is -2.03. The molecule has 0 atom stereocenters. The third-order valence-electron chi connectivity index (χ3n) is 1.91. The number of hydrogen-bond donors (Lipinski definition) is 1. The van der Waals surface area contributed by atoms with E-state index in [1.807, 2.05) is 0 Å². The average Bonchev–Trinajstić information content (AvgIpc) is 2.11. The first kappa shape index (κ1) is 11.5. The molecule has 1 nitrogen and oxygen atoms in total. The van der Waals surface area contributed by atoms with E-state index in [1.54, 1.807) is 13.8 Å². The van der Waals surface area contributed by atoms with Gasteiger partial charge in [-0.2, -0.15) is 0 Å². The predicted molar refractivity (Wildman–Crippen MR) is 54.9 cm³/mol. The predicted octanol–water partition coefficient (Wildman–Crippen LogP) is 3.98. The van der Waals surface area contributed by atoms with Gasteiger partial charge in [0.15, 0.2) is 11.6 Å². The highest BCUT2D eigenvalue weighted by molar-refractivity contribution is 6.37. The minimum Gasteiger partial charge on any atom is -0.395 e. The van der Waals surface area contributed by atoms with Crippen molar-refractivity contribution in [3.05, 3.63) is 27.2 Å². The van der Waals surface area contributed by atoms with Gasteiger partial charge in [0, 0.05) is 5.56 Å². The van der Waals surface area contributed by atoms with Crippen LogP contribution in [0.5, 0.6) is 0 Å². The van der Waals surface area contributed by atoms with E-state index >= 15 is 0 Å². The van der Waals surface area contributed by atoms with Crippen LogP contribution in [0.2, 0.25) is 10.0 Å². The van der Waals surface area contributed by atoms with E-state index in [0.717, 1.165) is 0 Å². The van der Waals surface area contributed by atoms with Crippen molar-refractivity contribution in [2.75, 3.05) is 5.73 Å². The van der Waals surface area contributed by atoms with Gasteiger partial charge in [-0.05, 0) is 5.92 Å². The molecule has 0 aliphatic carbocycles. The second-order valence-corrected chi connectivity index (χ2v) is 3.99. The van der Waals surface area contributed by atoms with Crippen LogP contribution in [-0.2, 0) is 0 Å². The Kier molecular flexibility index (Phi) is 3.22. The molecule has 0 radical (unpaired) electrons. The first-order valence-electron chi connectivity index (χ1n) is 3.99. The summed E-state index contributed by atoms with van der Waals surface area (Å²) in [5, 5.41) is -0.756. The van der Waals surface area contributed by atoms with Gasteiger partial charge in [0.25, 0.3) is 0 Å². The third-order valence-corrected chi connectivity index (χ3v) is 2.65. The second kappa shape index (κ2) is 3.91. The molecule has 0 aliphatic heterocycles. The molecule has 1 aromatic rings. The lowest BCUT2D eigenvalue weighted by Gasteiger charge is -2.13. The van der Waals surface area contributed by atoms with Crippen LogP contribution in [0.4, 0.5) is 14.5 Å². The monoisotopic (exact) mass is 239 g/mol. The van der Waals surface area contributed by atoms with E-state index in [0.29, 0.717) is 0 Å². The summed E-state index contributed by atoms with van der Waals surface area (Å²) in [7, 11) is 0. The summed E-state index contributed by atoms with van der Waals surface area (Å²) in [6.45, 7) is 3.38. The third kappa shape index (κ3) is 1.66. The fourth-order valence-electron chi connectivity index (χ4n) is 1.18. The zero-order chi connectivity index (χ0) is 11.0. The van der Waals surface area contributed by atoms with Crippen LogP contribution in [0, 0.1) is 11.6 Å². The molecule has 78 valence electrons. The summed E-state index contributed by atoms with van der Waals surface area (Å²) >= 11 is 11.1. The Balaban J connectivity index is 3.60. The van der Waals surface area contributed by atoms with Crippen LogP contribution in [0.3, 0.4) is 0 Å². The molecule has 0 bridgehead atoms. The molecule has 0 fully saturated rings. The van der Waals surface area contributed by atoms with Crippen molar-refractivity contribution in [3.8, 4) is 0 Å². The van der Waals surface area contributed by atoms with E-state index in [1.165, 1.54) is 0 Å². The number of rotatable bonds is 1. The SMILES string of the molecule is CC(C)c1c(F)c(N)c(Cl)c(F)c1Cl. The standard InChI is InChI=1S/C9H9Cl2F2N/c1-3(2)4-5(10)8(13)6(11)9(14)7(4)12/h3H,14H2,1-2H3. The summed E-state index contributed by atoms with van der Waals surface area (Å²) in [5.41, 5.74) is 4.95. The Hall–Kier alpha value is -0.540. The number of halogens is 4. The number of anilines is 1.